The molecule has 0 spiro atoms. The first-order valence-corrected chi connectivity index (χ1v) is 22.7. The first-order valence-electron chi connectivity index (χ1n) is 22.7. The molecule has 4 heterocycles. The van der Waals surface area contributed by atoms with Gasteiger partial charge in [-0.1, -0.05) is 87.5 Å². The Morgan fingerprint density at radius 2 is 1.32 bits per heavy atom. The highest BCUT2D eigenvalue weighted by Crippen LogP contribution is 2.58. The average Bonchev–Trinajstić information content (AvgIpc) is 3.94. The van der Waals surface area contributed by atoms with Crippen LogP contribution in [0.5, 0.6) is 0 Å². The van der Waals surface area contributed by atoms with E-state index in [1.54, 1.807) is 7.11 Å². The van der Waals surface area contributed by atoms with Gasteiger partial charge in [-0.25, -0.2) is 19.6 Å². The summed E-state index contributed by atoms with van der Waals surface area (Å²) in [5.74, 6) is 1.74. The van der Waals surface area contributed by atoms with Gasteiger partial charge in [0, 0.05) is 36.4 Å². The van der Waals surface area contributed by atoms with Crippen LogP contribution in [0.1, 0.15) is 69.0 Å². The number of nitrogens with zero attached hydrogens (tertiary/aromatic N) is 4. The largest absolute Gasteiger partial charge is 0.453 e. The number of carbonyl (C=O) groups is 4. The second-order valence-electron chi connectivity index (χ2n) is 18.5. The number of H-pyrrole nitrogens is 2. The van der Waals surface area contributed by atoms with Crippen molar-refractivity contribution in [3.05, 3.63) is 108 Å². The lowest BCUT2D eigenvalue weighted by molar-refractivity contribution is -0.136. The maximum absolute atomic E-state index is 14.5. The van der Waals surface area contributed by atoms with Crippen molar-refractivity contribution in [2.75, 3.05) is 34.5 Å². The van der Waals surface area contributed by atoms with Gasteiger partial charge in [0.25, 0.3) is 5.91 Å². The molecule has 10 rings (SSSR count). The molecule has 4 amide bonds. The normalized spacial score (nSPS) is 22.2. The summed E-state index contributed by atoms with van der Waals surface area (Å²) < 4.78 is 15.3. The van der Waals surface area contributed by atoms with E-state index in [9.17, 15) is 19.2 Å². The Balaban J connectivity index is 0.928. The lowest BCUT2D eigenvalue weighted by Gasteiger charge is -2.31. The summed E-state index contributed by atoms with van der Waals surface area (Å²) in [4.78, 5) is 74.4. The third-order valence-electron chi connectivity index (χ3n) is 14.1. The number of hydrogen-bond donors (Lipinski definition) is 4. The molecule has 4 N–H and O–H groups in total. The maximum atomic E-state index is 14.5. The molecule has 66 heavy (non-hydrogen) atoms. The van der Waals surface area contributed by atoms with Crippen molar-refractivity contribution in [3.63, 3.8) is 0 Å². The van der Waals surface area contributed by atoms with E-state index in [0.29, 0.717) is 42.8 Å². The fraction of sp³-hybridized carbons (Fsp3) is 0.373. The molecule has 0 unspecified atom stereocenters. The van der Waals surface area contributed by atoms with Gasteiger partial charge in [-0.3, -0.25) is 9.59 Å². The third kappa shape index (κ3) is 7.54. The van der Waals surface area contributed by atoms with Crippen molar-refractivity contribution < 1.29 is 33.4 Å². The maximum Gasteiger partial charge on any atom is 0.407 e. The number of imidazole rings is 2. The number of amides is 4. The highest BCUT2D eigenvalue weighted by molar-refractivity contribution is 6.07. The molecule has 15 heteroatoms. The van der Waals surface area contributed by atoms with Crippen LogP contribution in [0.4, 0.5) is 9.59 Å². The van der Waals surface area contributed by atoms with Crippen LogP contribution in [0.2, 0.25) is 0 Å². The van der Waals surface area contributed by atoms with Crippen molar-refractivity contribution in [3.8, 4) is 11.1 Å². The van der Waals surface area contributed by atoms with E-state index in [4.69, 9.17) is 24.2 Å². The zero-order valence-electron chi connectivity index (χ0n) is 37.8. The lowest BCUT2D eigenvalue weighted by atomic mass is 9.98. The zero-order chi connectivity index (χ0) is 46.0. The first kappa shape index (κ1) is 42.9. The summed E-state index contributed by atoms with van der Waals surface area (Å²) in [5, 5.41) is 9.59. The van der Waals surface area contributed by atoms with E-state index in [1.165, 1.54) is 14.2 Å². The van der Waals surface area contributed by atoms with Gasteiger partial charge in [0.05, 0.1) is 55.0 Å². The van der Waals surface area contributed by atoms with Gasteiger partial charge in [0.15, 0.2) is 0 Å². The molecule has 1 saturated carbocycles. The minimum absolute atomic E-state index is 0.0665. The van der Waals surface area contributed by atoms with E-state index in [-0.39, 0.29) is 41.8 Å². The number of benzene rings is 5. The summed E-state index contributed by atoms with van der Waals surface area (Å²) in [6.45, 7) is 6.97. The van der Waals surface area contributed by atoms with E-state index in [2.05, 4.69) is 82.1 Å². The molecule has 2 aliphatic heterocycles. The molecule has 340 valence electrons. The molecule has 0 bridgehead atoms. The molecular formula is C51H54N8O7. The molecule has 5 aromatic carbocycles. The summed E-state index contributed by atoms with van der Waals surface area (Å²) in [5.41, 5.74) is 6.23. The molecule has 15 nitrogen and oxygen atoms in total. The van der Waals surface area contributed by atoms with Crippen LogP contribution in [0.25, 0.3) is 54.7 Å². The van der Waals surface area contributed by atoms with Crippen LogP contribution in [0.3, 0.4) is 0 Å². The topological polar surface area (TPSA) is 184 Å². The van der Waals surface area contributed by atoms with Gasteiger partial charge in [-0.2, -0.15) is 0 Å². The predicted octanol–water partition coefficient (Wildman–Crippen LogP) is 8.33. The van der Waals surface area contributed by atoms with Crippen molar-refractivity contribution in [2.24, 2.45) is 23.7 Å². The number of fused-ring (bicyclic) bond motifs is 7. The molecule has 0 radical (unpaired) electrons. The minimum atomic E-state index is -0.898. The van der Waals surface area contributed by atoms with Gasteiger partial charge in [-0.05, 0) is 82.3 Å². The number of rotatable bonds is 11. The minimum Gasteiger partial charge on any atom is -0.453 e. The molecule has 2 aromatic heterocycles. The summed E-state index contributed by atoms with van der Waals surface area (Å²) in [6.07, 6.45) is 0.147. The number of aromatic nitrogens is 4. The molecule has 3 fully saturated rings. The van der Waals surface area contributed by atoms with Gasteiger partial charge < -0.3 is 44.6 Å². The average molecular weight is 891 g/mol. The first-order chi connectivity index (χ1) is 32.0. The SMILES string of the molecule is COC[C@H]1C[C@@H](c2nc3c(ccc4cc(-c5ccc6c(ccc7[nH]c([C@@H]8C[C@H]9[C@@H](C)[C@H]9N8C(=O)[C@H](NC(=O)OC)c8ccccc8)nc76)c5)ccc43)[nH]2)N(C(=O)[C@@H](NC(=O)OC)C(C)C)C1. The second kappa shape index (κ2) is 17.1. The Morgan fingerprint density at radius 1 is 0.727 bits per heavy atom. The van der Waals surface area contributed by atoms with Crippen LogP contribution >= 0.6 is 0 Å². The van der Waals surface area contributed by atoms with Crippen LogP contribution in [-0.4, -0.2) is 100 Å². The summed E-state index contributed by atoms with van der Waals surface area (Å²) >= 11 is 0. The van der Waals surface area contributed by atoms with E-state index < -0.39 is 24.3 Å². The number of nitrogens with one attached hydrogen (secondary N) is 4. The number of piperidine rings is 1. The smallest absolute Gasteiger partial charge is 0.407 e. The zero-order valence-corrected chi connectivity index (χ0v) is 37.8. The molecular weight excluding hydrogens is 837 g/mol. The van der Waals surface area contributed by atoms with Gasteiger partial charge in [0.2, 0.25) is 5.91 Å². The molecule has 8 atom stereocenters. The number of likely N-dealkylation sites (tertiary alicyclic amines) is 2. The highest BCUT2D eigenvalue weighted by atomic mass is 16.5. The summed E-state index contributed by atoms with van der Waals surface area (Å²) in [7, 11) is 4.25. The van der Waals surface area contributed by atoms with Gasteiger partial charge in [-0.15, -0.1) is 0 Å². The number of alkyl carbamates (subject to hydrolysis) is 2. The fourth-order valence-corrected chi connectivity index (χ4v) is 10.7. The molecule has 2 saturated heterocycles. The third-order valence-corrected chi connectivity index (χ3v) is 14.1. The molecule has 3 aliphatic rings. The quantitative estimate of drug-likeness (QED) is 0.0992. The van der Waals surface area contributed by atoms with Crippen molar-refractivity contribution in [2.45, 2.75) is 63.8 Å². The van der Waals surface area contributed by atoms with Crippen LogP contribution in [0.15, 0.2) is 91.0 Å². The van der Waals surface area contributed by atoms with Gasteiger partial charge >= 0.3 is 12.2 Å². The van der Waals surface area contributed by atoms with Crippen molar-refractivity contribution in [1.29, 1.82) is 0 Å². The Hall–Kier alpha value is -7.00. The standard InChI is InChI=1S/C51H54N8O7/c1-26(2)41(56-50(62)65-5)48(60)58-24-28(25-64-4)20-39(58)46-52-37-18-14-32-21-30(12-16-34(32)43(37)54-46)31-13-17-35-33(22-31)15-19-38-44(35)55-47(53-38)40-23-36-27(3)45(36)59(40)49(61)42(57-51(63)66-6)29-10-8-7-9-11-29/h7-19,21-22,26-28,36,39-42,45H,20,23-25H2,1-6H3,(H,52,54)(H,53,55)(H,56,62)(H,57,63)/t27-,28+,36+,39+,40+,41+,42-,45-/m1/s1. The number of methoxy groups -OCH3 is 3. The Labute approximate surface area is 381 Å². The monoisotopic (exact) mass is 890 g/mol. The van der Waals surface area contributed by atoms with E-state index in [1.807, 2.05) is 60.0 Å². The molecule has 7 aromatic rings. The highest BCUT2D eigenvalue weighted by Gasteiger charge is 2.61. The number of ether oxygens (including phenoxy) is 3. The van der Waals surface area contributed by atoms with E-state index >= 15 is 0 Å². The van der Waals surface area contributed by atoms with Crippen LogP contribution in [-0.2, 0) is 23.8 Å². The van der Waals surface area contributed by atoms with Crippen LogP contribution < -0.4 is 10.6 Å². The lowest BCUT2D eigenvalue weighted by Crippen LogP contribution is -2.51. The van der Waals surface area contributed by atoms with Crippen molar-refractivity contribution in [1.82, 2.24) is 40.4 Å². The number of hydrogen-bond acceptors (Lipinski definition) is 9. The predicted molar refractivity (Wildman–Crippen MR) is 250 cm³/mol. The Kier molecular flexibility index (Phi) is 11.1. The number of carbonyl (C=O) groups excluding carboxylic acids is 4. The van der Waals surface area contributed by atoms with E-state index in [0.717, 1.165) is 67.0 Å². The van der Waals surface area contributed by atoms with Gasteiger partial charge in [0.1, 0.15) is 23.7 Å². The second-order valence-corrected chi connectivity index (χ2v) is 18.5. The summed E-state index contributed by atoms with van der Waals surface area (Å²) in [6, 6.07) is 28.2. The molecule has 1 aliphatic carbocycles. The number of aromatic amines is 2. The Bertz CT molecular complexity index is 3020. The van der Waals surface area contributed by atoms with Crippen LogP contribution in [0, 0.1) is 23.7 Å². The Morgan fingerprint density at radius 3 is 1.89 bits per heavy atom. The van der Waals surface area contributed by atoms with Crippen molar-refractivity contribution >= 4 is 67.6 Å². The fourth-order valence-electron chi connectivity index (χ4n) is 10.7.